The monoisotopic (exact) mass is 265 g/mol. The van der Waals surface area contributed by atoms with Gasteiger partial charge in [-0.05, 0) is 29.8 Å². The quantitative estimate of drug-likeness (QED) is 0.856. The van der Waals surface area contributed by atoms with Gasteiger partial charge >= 0.3 is 0 Å². The summed E-state index contributed by atoms with van der Waals surface area (Å²) in [6, 6.07) is 12.2. The molecule has 0 aliphatic rings. The number of nitrogen functional groups attached to an aromatic ring is 1. The third-order valence-corrected chi connectivity index (χ3v) is 2.84. The van der Waals surface area contributed by atoms with Crippen LogP contribution >= 0.6 is 11.6 Å². The number of ether oxygens (including phenoxy) is 1. The molecular weight excluding hydrogens is 253 g/mol. The summed E-state index contributed by atoms with van der Waals surface area (Å²) < 4.78 is 18.9. The lowest BCUT2D eigenvalue weighted by Gasteiger charge is -2.08. The first-order valence-electron chi connectivity index (χ1n) is 5.58. The third kappa shape index (κ3) is 3.14. The van der Waals surface area contributed by atoms with Gasteiger partial charge in [0.2, 0.25) is 0 Å². The number of nitrogens with two attached hydrogens (primary N) is 1. The molecule has 0 amide bonds. The van der Waals surface area contributed by atoms with E-state index in [-0.39, 0.29) is 10.8 Å². The van der Waals surface area contributed by atoms with Crippen molar-refractivity contribution >= 4 is 17.3 Å². The number of halogens is 2. The normalized spacial score (nSPS) is 10.3. The largest absolute Gasteiger partial charge is 0.490 e. The van der Waals surface area contributed by atoms with E-state index in [4.69, 9.17) is 22.1 Å². The minimum atomic E-state index is -0.517. The lowest BCUT2D eigenvalue weighted by Crippen LogP contribution is -2.03. The number of anilines is 1. The molecule has 2 aromatic carbocycles. The van der Waals surface area contributed by atoms with Gasteiger partial charge < -0.3 is 10.5 Å². The summed E-state index contributed by atoms with van der Waals surface area (Å²) in [6.07, 6.45) is 0.687. The van der Waals surface area contributed by atoms with Crippen molar-refractivity contribution in [3.8, 4) is 5.75 Å². The average Bonchev–Trinajstić information content (AvgIpc) is 2.37. The van der Waals surface area contributed by atoms with Crippen LogP contribution in [0.25, 0.3) is 0 Å². The highest BCUT2D eigenvalue weighted by atomic mass is 35.5. The van der Waals surface area contributed by atoms with Gasteiger partial charge in [-0.2, -0.15) is 0 Å². The summed E-state index contributed by atoms with van der Waals surface area (Å²) in [5.74, 6) is -0.339. The Balaban J connectivity index is 1.92. The molecule has 94 valence electrons. The predicted octanol–water partition coefficient (Wildman–Crippen LogP) is 3.68. The van der Waals surface area contributed by atoms with Crippen LogP contribution in [0.1, 0.15) is 5.56 Å². The first kappa shape index (κ1) is 12.7. The second-order valence-electron chi connectivity index (χ2n) is 3.89. The Morgan fingerprint density at radius 2 is 1.83 bits per heavy atom. The third-order valence-electron chi connectivity index (χ3n) is 2.54. The molecular formula is C14H13ClFNO. The zero-order valence-corrected chi connectivity index (χ0v) is 10.5. The Morgan fingerprint density at radius 1 is 1.11 bits per heavy atom. The minimum Gasteiger partial charge on any atom is -0.490 e. The van der Waals surface area contributed by atoms with Crippen molar-refractivity contribution < 1.29 is 9.13 Å². The molecule has 0 bridgehead atoms. The Hall–Kier alpha value is -1.74. The molecule has 0 aliphatic carbocycles. The average molecular weight is 266 g/mol. The van der Waals surface area contributed by atoms with Crippen molar-refractivity contribution in [1.82, 2.24) is 0 Å². The summed E-state index contributed by atoms with van der Waals surface area (Å²) in [7, 11) is 0. The molecule has 2 nitrogen and oxygen atoms in total. The van der Waals surface area contributed by atoms with Gasteiger partial charge in [-0.1, -0.05) is 29.8 Å². The summed E-state index contributed by atoms with van der Waals surface area (Å²) in [4.78, 5) is 0. The molecule has 0 aromatic heterocycles. The van der Waals surface area contributed by atoms with E-state index < -0.39 is 5.82 Å². The van der Waals surface area contributed by atoms with Crippen molar-refractivity contribution in [3.63, 3.8) is 0 Å². The molecule has 0 heterocycles. The van der Waals surface area contributed by atoms with Crippen LogP contribution in [-0.2, 0) is 6.42 Å². The highest BCUT2D eigenvalue weighted by molar-refractivity contribution is 6.30. The van der Waals surface area contributed by atoms with Gasteiger partial charge in [0.1, 0.15) is 0 Å². The molecule has 4 heteroatoms. The zero-order valence-electron chi connectivity index (χ0n) is 9.70. The van der Waals surface area contributed by atoms with Gasteiger partial charge in [-0.3, -0.25) is 0 Å². The maximum Gasteiger partial charge on any atom is 0.183 e. The van der Waals surface area contributed by atoms with Crippen molar-refractivity contribution in [3.05, 3.63) is 58.9 Å². The second kappa shape index (κ2) is 5.74. The van der Waals surface area contributed by atoms with Crippen LogP contribution in [0.3, 0.4) is 0 Å². The highest BCUT2D eigenvalue weighted by Crippen LogP contribution is 2.24. The van der Waals surface area contributed by atoms with E-state index >= 15 is 0 Å². The van der Waals surface area contributed by atoms with Gasteiger partial charge in [0.15, 0.2) is 11.6 Å². The fourth-order valence-electron chi connectivity index (χ4n) is 1.56. The van der Waals surface area contributed by atoms with Crippen LogP contribution in [-0.4, -0.2) is 6.61 Å². The van der Waals surface area contributed by atoms with Crippen LogP contribution in [0.5, 0.6) is 5.75 Å². The lowest BCUT2D eigenvalue weighted by atomic mass is 10.1. The Kier molecular flexibility index (Phi) is 4.05. The molecule has 0 radical (unpaired) electrons. The van der Waals surface area contributed by atoms with E-state index in [0.29, 0.717) is 13.0 Å². The van der Waals surface area contributed by atoms with Crippen LogP contribution in [0.15, 0.2) is 42.5 Å². The number of hydrogen-bond donors (Lipinski definition) is 1. The molecule has 2 rings (SSSR count). The SMILES string of the molecule is Nc1ccc(CCOc2cccc(Cl)c2F)cc1. The molecule has 0 unspecified atom stereocenters. The molecule has 0 saturated carbocycles. The first-order chi connectivity index (χ1) is 8.66. The predicted molar refractivity (Wildman–Crippen MR) is 71.5 cm³/mol. The van der Waals surface area contributed by atoms with Gasteiger partial charge in [0.25, 0.3) is 0 Å². The summed E-state index contributed by atoms with van der Waals surface area (Å²) in [5.41, 5.74) is 7.40. The molecule has 0 aliphatic heterocycles. The molecule has 18 heavy (non-hydrogen) atoms. The van der Waals surface area contributed by atoms with E-state index in [1.165, 1.54) is 6.07 Å². The minimum absolute atomic E-state index is 0.0694. The lowest BCUT2D eigenvalue weighted by molar-refractivity contribution is 0.305. The van der Waals surface area contributed by atoms with Gasteiger partial charge in [-0.15, -0.1) is 0 Å². The fraction of sp³-hybridized carbons (Fsp3) is 0.143. The topological polar surface area (TPSA) is 35.2 Å². The number of benzene rings is 2. The first-order valence-corrected chi connectivity index (χ1v) is 5.96. The van der Waals surface area contributed by atoms with E-state index in [0.717, 1.165) is 11.3 Å². The zero-order chi connectivity index (χ0) is 13.0. The summed E-state index contributed by atoms with van der Waals surface area (Å²) in [6.45, 7) is 0.390. The number of rotatable bonds is 4. The van der Waals surface area contributed by atoms with E-state index in [2.05, 4.69) is 0 Å². The van der Waals surface area contributed by atoms with E-state index in [1.54, 1.807) is 12.1 Å². The highest BCUT2D eigenvalue weighted by Gasteiger charge is 2.06. The van der Waals surface area contributed by atoms with Crippen LogP contribution in [0, 0.1) is 5.82 Å². The van der Waals surface area contributed by atoms with Gasteiger partial charge in [-0.25, -0.2) is 4.39 Å². The van der Waals surface area contributed by atoms with Crippen molar-refractivity contribution in [1.29, 1.82) is 0 Å². The maximum absolute atomic E-state index is 13.5. The fourth-order valence-corrected chi connectivity index (χ4v) is 1.72. The summed E-state index contributed by atoms with van der Waals surface area (Å²) in [5, 5.41) is 0.0694. The molecule has 0 spiro atoms. The van der Waals surface area contributed by atoms with E-state index in [9.17, 15) is 4.39 Å². The molecule has 2 N–H and O–H groups in total. The smallest absolute Gasteiger partial charge is 0.183 e. The van der Waals surface area contributed by atoms with Crippen molar-refractivity contribution in [2.45, 2.75) is 6.42 Å². The second-order valence-corrected chi connectivity index (χ2v) is 4.30. The van der Waals surface area contributed by atoms with Crippen molar-refractivity contribution in [2.75, 3.05) is 12.3 Å². The van der Waals surface area contributed by atoms with Gasteiger partial charge in [0.05, 0.1) is 11.6 Å². The van der Waals surface area contributed by atoms with Crippen LogP contribution in [0.2, 0.25) is 5.02 Å². The molecule has 0 saturated heterocycles. The van der Waals surface area contributed by atoms with Crippen LogP contribution in [0.4, 0.5) is 10.1 Å². The molecule has 2 aromatic rings. The molecule has 0 atom stereocenters. The number of hydrogen-bond acceptors (Lipinski definition) is 2. The van der Waals surface area contributed by atoms with Crippen molar-refractivity contribution in [2.24, 2.45) is 0 Å². The Morgan fingerprint density at radius 3 is 2.56 bits per heavy atom. The van der Waals surface area contributed by atoms with E-state index in [1.807, 2.05) is 24.3 Å². The maximum atomic E-state index is 13.5. The Bertz CT molecular complexity index is 528. The molecule has 0 fully saturated rings. The van der Waals surface area contributed by atoms with Gasteiger partial charge in [0, 0.05) is 12.1 Å². The summed E-state index contributed by atoms with van der Waals surface area (Å²) >= 11 is 5.66. The Labute approximate surface area is 110 Å². The van der Waals surface area contributed by atoms with Crippen LogP contribution < -0.4 is 10.5 Å². The standard InChI is InChI=1S/C14H13ClFNO/c15-12-2-1-3-13(14(12)16)18-9-8-10-4-6-11(17)7-5-10/h1-7H,8-9,17H2.